The molecule has 1 aromatic heterocycles. The van der Waals surface area contributed by atoms with Gasteiger partial charge >= 0.3 is 0 Å². The Morgan fingerprint density at radius 2 is 2.00 bits per heavy atom. The zero-order valence-electron chi connectivity index (χ0n) is 13.4. The number of hydrogen-bond donors (Lipinski definition) is 0. The van der Waals surface area contributed by atoms with Crippen LogP contribution in [-0.2, 0) is 19.5 Å². The van der Waals surface area contributed by atoms with Crippen molar-refractivity contribution >= 4 is 5.69 Å². The molecule has 3 rings (SSSR count). The zero-order chi connectivity index (χ0) is 15.7. The van der Waals surface area contributed by atoms with E-state index in [0.29, 0.717) is 6.54 Å². The first-order valence-electron chi connectivity index (χ1n) is 7.52. The molecule has 1 aliphatic heterocycles. The highest BCUT2D eigenvalue weighted by atomic mass is 15.3. The number of nitrogens with zero attached hydrogens (tertiary/aromatic N) is 5. The number of fused-ring (bicyclic) bond motifs is 1. The van der Waals surface area contributed by atoms with Crippen LogP contribution in [0.1, 0.15) is 11.3 Å². The first-order valence-corrected chi connectivity index (χ1v) is 7.52. The van der Waals surface area contributed by atoms with E-state index in [9.17, 15) is 0 Å². The first kappa shape index (κ1) is 14.6. The Morgan fingerprint density at radius 1 is 1.27 bits per heavy atom. The molecule has 0 bridgehead atoms. The van der Waals surface area contributed by atoms with E-state index >= 15 is 0 Å². The third-order valence-corrected chi connectivity index (χ3v) is 4.20. The molecule has 0 saturated carbocycles. The van der Waals surface area contributed by atoms with Gasteiger partial charge in [-0.15, -0.1) is 0 Å². The van der Waals surface area contributed by atoms with Gasteiger partial charge in [-0.05, 0) is 19.2 Å². The molecule has 0 spiro atoms. The van der Waals surface area contributed by atoms with Crippen molar-refractivity contribution in [2.24, 2.45) is 0 Å². The zero-order valence-corrected chi connectivity index (χ0v) is 13.4. The van der Waals surface area contributed by atoms with Gasteiger partial charge in [-0.2, -0.15) is 10.4 Å². The fourth-order valence-corrected chi connectivity index (χ4v) is 2.97. The van der Waals surface area contributed by atoms with Crippen LogP contribution < -0.4 is 4.90 Å². The van der Waals surface area contributed by atoms with Gasteiger partial charge in [0.1, 0.15) is 6.54 Å². The van der Waals surface area contributed by atoms with Crippen LogP contribution in [0.4, 0.5) is 5.69 Å². The summed E-state index contributed by atoms with van der Waals surface area (Å²) in [4.78, 5) is 4.39. The second kappa shape index (κ2) is 5.82. The lowest BCUT2D eigenvalue weighted by atomic mass is 10.0. The average Bonchev–Trinajstić information content (AvgIpc) is 2.86. The van der Waals surface area contributed by atoms with Gasteiger partial charge in [-0.25, -0.2) is 0 Å². The molecule has 0 aliphatic carbocycles. The third-order valence-electron chi connectivity index (χ3n) is 4.20. The van der Waals surface area contributed by atoms with E-state index in [0.717, 1.165) is 30.8 Å². The summed E-state index contributed by atoms with van der Waals surface area (Å²) in [5.74, 6) is 0. The second-order valence-corrected chi connectivity index (χ2v) is 6.02. The lowest BCUT2D eigenvalue weighted by molar-refractivity contribution is 0.308. The maximum absolute atomic E-state index is 9.02. The standard InChI is InChI=1S/C17H21N5/c1-20(2)14-6-4-13(5-7-14)17-15-12-21(3)10-8-16(15)22(19-17)11-9-18/h4-7H,8,10-12H2,1-3H3. The third kappa shape index (κ3) is 2.58. The van der Waals surface area contributed by atoms with Crippen molar-refractivity contribution in [3.8, 4) is 17.3 Å². The summed E-state index contributed by atoms with van der Waals surface area (Å²) in [6.07, 6.45) is 0.955. The molecule has 0 atom stereocenters. The van der Waals surface area contributed by atoms with Crippen LogP contribution in [0.15, 0.2) is 24.3 Å². The van der Waals surface area contributed by atoms with E-state index in [2.05, 4.69) is 47.2 Å². The van der Waals surface area contributed by atoms with Crippen molar-refractivity contribution < 1.29 is 0 Å². The molecule has 1 aliphatic rings. The maximum Gasteiger partial charge on any atom is 0.128 e. The maximum atomic E-state index is 9.02. The highest BCUT2D eigenvalue weighted by Crippen LogP contribution is 2.30. The van der Waals surface area contributed by atoms with Gasteiger partial charge in [0.05, 0.1) is 11.8 Å². The molecule has 1 aromatic carbocycles. The van der Waals surface area contributed by atoms with Crippen molar-refractivity contribution in [3.05, 3.63) is 35.5 Å². The molecule has 0 unspecified atom stereocenters. The monoisotopic (exact) mass is 295 g/mol. The van der Waals surface area contributed by atoms with Crippen LogP contribution in [0, 0.1) is 11.3 Å². The van der Waals surface area contributed by atoms with Crippen molar-refractivity contribution in [2.75, 3.05) is 32.6 Å². The van der Waals surface area contributed by atoms with Crippen LogP contribution in [-0.4, -0.2) is 42.4 Å². The summed E-state index contributed by atoms with van der Waals surface area (Å²) in [6.45, 7) is 2.23. The van der Waals surface area contributed by atoms with E-state index in [4.69, 9.17) is 10.4 Å². The summed E-state index contributed by atoms with van der Waals surface area (Å²) in [6, 6.07) is 10.7. The van der Waals surface area contributed by atoms with Gasteiger partial charge in [0.2, 0.25) is 0 Å². The normalized spacial score (nSPS) is 14.5. The predicted octanol–water partition coefficient (Wildman–Crippen LogP) is 2.13. The molecule has 5 nitrogen and oxygen atoms in total. The van der Waals surface area contributed by atoms with E-state index in [1.165, 1.54) is 16.9 Å². The summed E-state index contributed by atoms with van der Waals surface area (Å²) < 4.78 is 1.87. The molecule has 0 fully saturated rings. The molecular weight excluding hydrogens is 274 g/mol. The number of aromatic nitrogens is 2. The van der Waals surface area contributed by atoms with Crippen LogP contribution in [0.2, 0.25) is 0 Å². The largest absolute Gasteiger partial charge is 0.378 e. The van der Waals surface area contributed by atoms with E-state index < -0.39 is 0 Å². The molecule has 0 saturated heterocycles. The van der Waals surface area contributed by atoms with Crippen molar-refractivity contribution in [1.29, 1.82) is 5.26 Å². The molecule has 0 N–H and O–H groups in total. The van der Waals surface area contributed by atoms with Crippen molar-refractivity contribution in [2.45, 2.75) is 19.5 Å². The Morgan fingerprint density at radius 3 is 2.64 bits per heavy atom. The predicted molar refractivity (Wildman–Crippen MR) is 87.6 cm³/mol. The Bertz CT molecular complexity index is 706. The number of hydrogen-bond acceptors (Lipinski definition) is 4. The van der Waals surface area contributed by atoms with Gasteiger partial charge in [-0.1, -0.05) is 12.1 Å². The van der Waals surface area contributed by atoms with Gasteiger partial charge in [0.25, 0.3) is 0 Å². The van der Waals surface area contributed by atoms with Gasteiger partial charge in [0.15, 0.2) is 0 Å². The summed E-state index contributed by atoms with van der Waals surface area (Å²) >= 11 is 0. The highest BCUT2D eigenvalue weighted by Gasteiger charge is 2.23. The number of rotatable bonds is 3. The smallest absolute Gasteiger partial charge is 0.128 e. The van der Waals surface area contributed by atoms with Crippen LogP contribution >= 0.6 is 0 Å². The summed E-state index contributed by atoms with van der Waals surface area (Å²) in [5, 5.41) is 13.7. The summed E-state index contributed by atoms with van der Waals surface area (Å²) in [5.41, 5.74) is 5.79. The van der Waals surface area contributed by atoms with E-state index in [1.807, 2.05) is 18.8 Å². The minimum absolute atomic E-state index is 0.321. The van der Waals surface area contributed by atoms with Crippen molar-refractivity contribution in [1.82, 2.24) is 14.7 Å². The van der Waals surface area contributed by atoms with Crippen LogP contribution in [0.5, 0.6) is 0 Å². The van der Waals surface area contributed by atoms with Gasteiger partial charge in [-0.3, -0.25) is 4.68 Å². The minimum atomic E-state index is 0.321. The quantitative estimate of drug-likeness (QED) is 0.870. The number of anilines is 1. The van der Waals surface area contributed by atoms with Crippen LogP contribution in [0.3, 0.4) is 0 Å². The van der Waals surface area contributed by atoms with E-state index in [1.54, 1.807) is 0 Å². The Hall–Kier alpha value is -2.32. The fraction of sp³-hybridized carbons (Fsp3) is 0.412. The molecule has 0 radical (unpaired) electrons. The molecule has 114 valence electrons. The summed E-state index contributed by atoms with van der Waals surface area (Å²) in [7, 11) is 6.20. The Kier molecular flexibility index (Phi) is 3.86. The molecule has 2 aromatic rings. The second-order valence-electron chi connectivity index (χ2n) is 6.02. The lowest BCUT2D eigenvalue weighted by Gasteiger charge is -2.23. The average molecular weight is 295 g/mol. The van der Waals surface area contributed by atoms with Gasteiger partial charge < -0.3 is 9.80 Å². The molecule has 5 heteroatoms. The topological polar surface area (TPSA) is 48.1 Å². The minimum Gasteiger partial charge on any atom is -0.378 e. The first-order chi connectivity index (χ1) is 10.6. The number of benzene rings is 1. The SMILES string of the molecule is CN1CCc2c(c(-c3ccc(N(C)C)cc3)nn2CC#N)C1. The van der Waals surface area contributed by atoms with E-state index in [-0.39, 0.29) is 0 Å². The molecule has 22 heavy (non-hydrogen) atoms. The fourth-order valence-electron chi connectivity index (χ4n) is 2.97. The molecule has 2 heterocycles. The molecule has 0 amide bonds. The lowest BCUT2D eigenvalue weighted by Crippen LogP contribution is -2.27. The van der Waals surface area contributed by atoms with Crippen molar-refractivity contribution in [3.63, 3.8) is 0 Å². The Labute approximate surface area is 131 Å². The molecular formula is C17H21N5. The highest BCUT2D eigenvalue weighted by molar-refractivity contribution is 5.67. The number of likely N-dealkylation sites (N-methyl/N-ethyl adjacent to an activating group) is 1. The number of nitriles is 1. The van der Waals surface area contributed by atoms with Gasteiger partial charge in [0, 0.05) is 56.1 Å². The Balaban J connectivity index is 2.04. The van der Waals surface area contributed by atoms with Crippen LogP contribution in [0.25, 0.3) is 11.3 Å².